The van der Waals surface area contributed by atoms with Crippen LogP contribution in [0.25, 0.3) is 0 Å². The molecule has 1 aliphatic rings. The third-order valence-electron chi connectivity index (χ3n) is 3.85. The minimum absolute atomic E-state index is 0.0896. The molecule has 138 valence electrons. The van der Waals surface area contributed by atoms with Crippen molar-refractivity contribution in [2.75, 3.05) is 18.5 Å². The number of carbonyl (C=O) groups excluding carboxylic acids is 1. The van der Waals surface area contributed by atoms with Gasteiger partial charge in [0.25, 0.3) is 0 Å². The maximum absolute atomic E-state index is 12.1. The molecule has 1 amide bonds. The van der Waals surface area contributed by atoms with Crippen LogP contribution in [0, 0.1) is 11.3 Å². The van der Waals surface area contributed by atoms with Crippen LogP contribution in [0.1, 0.15) is 18.1 Å². The van der Waals surface area contributed by atoms with Crippen molar-refractivity contribution >= 4 is 33.5 Å². The van der Waals surface area contributed by atoms with Gasteiger partial charge < -0.3 is 15.2 Å². The van der Waals surface area contributed by atoms with Gasteiger partial charge in [0.1, 0.15) is 24.1 Å². The molecule has 0 saturated heterocycles. The molecular formula is C18H16BrN5O3. The Bertz CT molecular complexity index is 939. The summed E-state index contributed by atoms with van der Waals surface area (Å²) in [6.45, 7) is 2.59. The highest BCUT2D eigenvalue weighted by molar-refractivity contribution is 9.10. The lowest BCUT2D eigenvalue weighted by Gasteiger charge is -2.30. The van der Waals surface area contributed by atoms with Crippen molar-refractivity contribution in [3.8, 4) is 11.9 Å². The van der Waals surface area contributed by atoms with Gasteiger partial charge >= 0.3 is 6.09 Å². The number of amides is 1. The van der Waals surface area contributed by atoms with E-state index < -0.39 is 11.6 Å². The molecule has 1 aromatic carbocycles. The van der Waals surface area contributed by atoms with Gasteiger partial charge in [-0.1, -0.05) is 15.9 Å². The zero-order chi connectivity index (χ0) is 19.4. The number of amidine groups is 1. The van der Waals surface area contributed by atoms with Gasteiger partial charge in [0.05, 0.1) is 12.2 Å². The molecule has 0 bridgehead atoms. The van der Waals surface area contributed by atoms with Gasteiger partial charge in [-0.25, -0.2) is 9.78 Å². The van der Waals surface area contributed by atoms with Crippen molar-refractivity contribution in [2.24, 2.45) is 10.7 Å². The van der Waals surface area contributed by atoms with E-state index in [2.05, 4.69) is 31.2 Å². The molecule has 0 fully saturated rings. The van der Waals surface area contributed by atoms with E-state index >= 15 is 0 Å². The lowest BCUT2D eigenvalue weighted by atomic mass is 9.92. The molecule has 2 aromatic rings. The summed E-state index contributed by atoms with van der Waals surface area (Å²) in [5, 5.41) is 11.4. The van der Waals surface area contributed by atoms with Gasteiger partial charge in [0.15, 0.2) is 0 Å². The van der Waals surface area contributed by atoms with Crippen molar-refractivity contribution in [3.63, 3.8) is 0 Å². The summed E-state index contributed by atoms with van der Waals surface area (Å²) < 4.78 is 11.4. The largest absolute Gasteiger partial charge is 0.418 e. The quantitative estimate of drug-likeness (QED) is 0.772. The number of rotatable bonds is 3. The molecular weight excluding hydrogens is 414 g/mol. The van der Waals surface area contributed by atoms with Crippen molar-refractivity contribution in [1.82, 2.24) is 4.98 Å². The van der Waals surface area contributed by atoms with Crippen molar-refractivity contribution < 1.29 is 14.3 Å². The molecule has 0 aliphatic carbocycles. The molecule has 3 N–H and O–H groups in total. The van der Waals surface area contributed by atoms with Crippen LogP contribution in [0.2, 0.25) is 0 Å². The molecule has 1 atom stereocenters. The highest BCUT2D eigenvalue weighted by Crippen LogP contribution is 2.32. The average molecular weight is 430 g/mol. The predicted octanol–water partition coefficient (Wildman–Crippen LogP) is 2.93. The summed E-state index contributed by atoms with van der Waals surface area (Å²) in [5.41, 5.74) is 6.87. The second-order valence-corrected chi connectivity index (χ2v) is 7.03. The second kappa shape index (κ2) is 7.73. The molecule has 0 radical (unpaired) electrons. The second-order valence-electron chi connectivity index (χ2n) is 6.11. The number of anilines is 1. The van der Waals surface area contributed by atoms with E-state index in [0.29, 0.717) is 30.3 Å². The lowest BCUT2D eigenvalue weighted by molar-refractivity contribution is 0.106. The van der Waals surface area contributed by atoms with Crippen LogP contribution >= 0.6 is 15.9 Å². The summed E-state index contributed by atoms with van der Waals surface area (Å²) in [6, 6.07) is 10.3. The average Bonchev–Trinajstić information content (AvgIpc) is 2.61. The summed E-state index contributed by atoms with van der Waals surface area (Å²) in [7, 11) is 0. The number of hydrogen-bond acceptors (Lipinski definition) is 7. The number of nitrogens with zero attached hydrogens (tertiary/aromatic N) is 3. The number of nitrogens with one attached hydrogen (secondary N) is 1. The first kappa shape index (κ1) is 18.8. The van der Waals surface area contributed by atoms with Crippen LogP contribution in [0.15, 0.2) is 46.0 Å². The molecule has 9 heteroatoms. The monoisotopic (exact) mass is 429 g/mol. The van der Waals surface area contributed by atoms with Crippen LogP contribution in [-0.2, 0) is 10.3 Å². The number of hydrogen-bond donors (Lipinski definition) is 2. The first-order valence-corrected chi connectivity index (χ1v) is 8.75. The van der Waals surface area contributed by atoms with Crippen LogP contribution in [0.3, 0.4) is 0 Å². The van der Waals surface area contributed by atoms with Gasteiger partial charge in [-0.2, -0.15) is 5.26 Å². The Labute approximate surface area is 164 Å². The van der Waals surface area contributed by atoms with E-state index in [4.69, 9.17) is 20.5 Å². The van der Waals surface area contributed by atoms with E-state index in [9.17, 15) is 4.79 Å². The van der Waals surface area contributed by atoms with Gasteiger partial charge in [0, 0.05) is 22.4 Å². The lowest BCUT2D eigenvalue weighted by Crippen LogP contribution is -2.37. The van der Waals surface area contributed by atoms with E-state index in [-0.39, 0.29) is 5.88 Å². The smallest absolute Gasteiger partial charge is 0.391 e. The van der Waals surface area contributed by atoms with Crippen LogP contribution < -0.4 is 15.8 Å². The minimum atomic E-state index is -0.704. The number of ether oxygens (including phenoxy) is 2. The molecule has 1 aliphatic heterocycles. The summed E-state index contributed by atoms with van der Waals surface area (Å²) in [6.07, 6.45) is 0.621. The Hall–Kier alpha value is -2.96. The minimum Gasteiger partial charge on any atom is -0.391 e. The van der Waals surface area contributed by atoms with Crippen LogP contribution in [0.4, 0.5) is 10.5 Å². The molecule has 0 spiro atoms. The van der Waals surface area contributed by atoms with Gasteiger partial charge in [-0.15, -0.1) is 0 Å². The van der Waals surface area contributed by atoms with Crippen molar-refractivity contribution in [3.05, 3.63) is 52.1 Å². The van der Waals surface area contributed by atoms with Crippen molar-refractivity contribution in [2.45, 2.75) is 12.5 Å². The molecule has 1 aromatic heterocycles. The number of nitriles is 1. The summed E-state index contributed by atoms with van der Waals surface area (Å²) in [5.74, 6) is 0.510. The number of aromatic nitrogens is 1. The zero-order valence-electron chi connectivity index (χ0n) is 14.4. The van der Waals surface area contributed by atoms with Gasteiger partial charge in [0.2, 0.25) is 5.88 Å². The molecule has 0 saturated carbocycles. The van der Waals surface area contributed by atoms with Gasteiger partial charge in [-0.05, 0) is 36.8 Å². The molecule has 8 nitrogen and oxygen atoms in total. The molecule has 2 heterocycles. The maximum atomic E-state index is 12.1. The Morgan fingerprint density at radius 1 is 1.44 bits per heavy atom. The number of nitrogens with two attached hydrogens (primary N) is 1. The Kier molecular flexibility index (Phi) is 5.39. The fourth-order valence-corrected chi connectivity index (χ4v) is 3.09. The Morgan fingerprint density at radius 3 is 2.93 bits per heavy atom. The summed E-state index contributed by atoms with van der Waals surface area (Å²) >= 11 is 3.44. The highest BCUT2D eigenvalue weighted by atomic mass is 79.9. The standard InChI is InChI=1S/C18H16BrN5O3/c1-18(10-26-9-15(21)24-18)12-4-13(19)6-14(5-12)23-17(25)27-16-3-2-11(7-20)8-22-16/h2-6,8H,9-10H2,1H3,(H2,21,24)(H,23,25)/t18-/m0/s1. The van der Waals surface area contributed by atoms with E-state index in [1.54, 1.807) is 12.1 Å². The first-order valence-electron chi connectivity index (χ1n) is 7.96. The number of benzene rings is 1. The first-order chi connectivity index (χ1) is 12.9. The molecule has 3 rings (SSSR count). The van der Waals surface area contributed by atoms with E-state index in [1.807, 2.05) is 19.1 Å². The number of halogens is 1. The van der Waals surface area contributed by atoms with Gasteiger partial charge in [-0.3, -0.25) is 10.3 Å². The summed E-state index contributed by atoms with van der Waals surface area (Å²) in [4.78, 5) is 20.5. The molecule has 27 heavy (non-hydrogen) atoms. The fraction of sp³-hybridized carbons (Fsp3) is 0.222. The third-order valence-corrected chi connectivity index (χ3v) is 4.31. The Morgan fingerprint density at radius 2 is 2.26 bits per heavy atom. The fourth-order valence-electron chi connectivity index (χ4n) is 2.60. The Balaban J connectivity index is 1.77. The number of carbonyl (C=O) groups is 1. The van der Waals surface area contributed by atoms with E-state index in [0.717, 1.165) is 10.0 Å². The number of pyridine rings is 1. The predicted molar refractivity (Wildman–Crippen MR) is 103 cm³/mol. The molecule has 0 unspecified atom stereocenters. The van der Waals surface area contributed by atoms with Crippen LogP contribution in [-0.4, -0.2) is 30.1 Å². The number of aliphatic imine (C=N–C) groups is 1. The van der Waals surface area contributed by atoms with Crippen LogP contribution in [0.5, 0.6) is 5.88 Å². The maximum Gasteiger partial charge on any atom is 0.418 e. The zero-order valence-corrected chi connectivity index (χ0v) is 16.0. The highest BCUT2D eigenvalue weighted by Gasteiger charge is 2.30. The van der Waals surface area contributed by atoms with E-state index in [1.165, 1.54) is 18.3 Å². The third kappa shape index (κ3) is 4.61. The SMILES string of the molecule is C[C@@]1(c2cc(Br)cc(NC(=O)Oc3ccc(C#N)cn3)c2)COCC(N)=N1. The van der Waals surface area contributed by atoms with Crippen molar-refractivity contribution in [1.29, 1.82) is 5.26 Å². The normalized spacial score (nSPS) is 18.9. The topological polar surface area (TPSA) is 123 Å².